The molecule has 0 saturated carbocycles. The van der Waals surface area contributed by atoms with Gasteiger partial charge in [-0.25, -0.2) is 0 Å². The first-order valence-electron chi connectivity index (χ1n) is 10.5. The summed E-state index contributed by atoms with van der Waals surface area (Å²) in [6.45, 7) is 3.26. The molecule has 0 spiro atoms. The number of nitrogens with zero attached hydrogens (tertiary/aromatic N) is 1. The second kappa shape index (κ2) is 14.0. The Morgan fingerprint density at radius 3 is 1.96 bits per heavy atom. The van der Waals surface area contributed by atoms with Gasteiger partial charge in [0, 0.05) is 46.5 Å². The molecule has 0 aliphatic heterocycles. The van der Waals surface area contributed by atoms with Gasteiger partial charge in [-0.05, 0) is 31.4 Å². The predicted molar refractivity (Wildman–Crippen MR) is 114 cm³/mol. The van der Waals surface area contributed by atoms with Gasteiger partial charge in [0.25, 0.3) is 5.97 Å². The average molecular weight is 380 g/mol. The molecule has 0 aromatic heterocycles. The molecular weight excluding hydrogens is 338 g/mol. The fourth-order valence-electron chi connectivity index (χ4n) is 3.81. The number of para-hydroxylation sites is 1. The molecule has 0 aliphatic carbocycles. The van der Waals surface area contributed by atoms with Gasteiger partial charge in [0.15, 0.2) is 0 Å². The normalized spacial score (nSPS) is 12.9. The molecule has 156 valence electrons. The first-order chi connectivity index (χ1) is 13.1. The molecule has 0 aliphatic rings. The van der Waals surface area contributed by atoms with Crippen molar-refractivity contribution in [2.45, 2.75) is 70.7 Å². The van der Waals surface area contributed by atoms with Gasteiger partial charge in [0.2, 0.25) is 0 Å². The van der Waals surface area contributed by atoms with Crippen LogP contribution in [0.1, 0.15) is 64.7 Å². The molecule has 1 aromatic rings. The molecule has 0 N–H and O–H groups in total. The quantitative estimate of drug-likeness (QED) is 0.266. The van der Waals surface area contributed by atoms with Crippen LogP contribution >= 0.6 is 0 Å². The lowest BCUT2D eigenvalue weighted by Crippen LogP contribution is -2.44. The second-order valence-electron chi connectivity index (χ2n) is 7.37. The molecule has 27 heavy (non-hydrogen) atoms. The maximum absolute atomic E-state index is 5.68. The Morgan fingerprint density at radius 2 is 1.37 bits per heavy atom. The van der Waals surface area contributed by atoms with E-state index in [0.717, 1.165) is 25.8 Å². The molecule has 1 atom stereocenters. The van der Waals surface area contributed by atoms with Crippen molar-refractivity contribution in [3.8, 4) is 0 Å². The van der Waals surface area contributed by atoms with E-state index in [1.165, 1.54) is 44.2 Å². The van der Waals surface area contributed by atoms with Crippen molar-refractivity contribution in [3.63, 3.8) is 0 Å². The fourth-order valence-corrected chi connectivity index (χ4v) is 3.81. The third-order valence-corrected chi connectivity index (χ3v) is 5.50. The topological polar surface area (TPSA) is 30.9 Å². The van der Waals surface area contributed by atoms with Crippen LogP contribution in [-0.2, 0) is 14.2 Å². The number of rotatable bonds is 16. The molecule has 1 aromatic carbocycles. The van der Waals surface area contributed by atoms with E-state index in [9.17, 15) is 0 Å². The molecule has 0 amide bonds. The maximum Gasteiger partial charge on any atom is 0.285 e. The highest BCUT2D eigenvalue weighted by Gasteiger charge is 2.39. The zero-order chi connectivity index (χ0) is 20.0. The maximum atomic E-state index is 5.68. The summed E-state index contributed by atoms with van der Waals surface area (Å²) in [5.41, 5.74) is 1.25. The minimum Gasteiger partial charge on any atom is -0.375 e. The van der Waals surface area contributed by atoms with Gasteiger partial charge in [0.1, 0.15) is 0 Å². The van der Waals surface area contributed by atoms with Crippen LogP contribution < -0.4 is 4.90 Å². The molecule has 4 heteroatoms. The summed E-state index contributed by atoms with van der Waals surface area (Å²) in [5.74, 6) is -0.706. The number of unbranched alkanes of at least 4 members (excludes halogenated alkanes) is 5. The first kappa shape index (κ1) is 23.9. The van der Waals surface area contributed by atoms with Gasteiger partial charge in [-0.1, -0.05) is 63.6 Å². The fraction of sp³-hybridized carbons (Fsp3) is 0.739. The highest BCUT2D eigenvalue weighted by atomic mass is 16.9. The number of hydrogen-bond donors (Lipinski definition) is 0. The van der Waals surface area contributed by atoms with Gasteiger partial charge in [-0.3, -0.25) is 0 Å². The standard InChI is InChI=1S/C23H41NO3/c1-6-7-8-9-10-12-16-21(23(25-3,26-4)27-5)17-15-20-24(2)22-18-13-11-14-19-22/h11,13-14,18-19,21H,6-10,12,15-17,20H2,1-5H3. The highest BCUT2D eigenvalue weighted by Crippen LogP contribution is 2.32. The summed E-state index contributed by atoms with van der Waals surface area (Å²) in [4.78, 5) is 2.30. The van der Waals surface area contributed by atoms with E-state index < -0.39 is 5.97 Å². The number of benzene rings is 1. The zero-order valence-corrected chi connectivity index (χ0v) is 18.2. The van der Waals surface area contributed by atoms with Crippen LogP contribution in [0, 0.1) is 5.92 Å². The van der Waals surface area contributed by atoms with Crippen LogP contribution in [0.3, 0.4) is 0 Å². The Hall–Kier alpha value is -1.10. The Balaban J connectivity index is 2.54. The average Bonchev–Trinajstić information content (AvgIpc) is 2.72. The lowest BCUT2D eigenvalue weighted by molar-refractivity contribution is -0.380. The Bertz CT molecular complexity index is 454. The molecular formula is C23H41NO3. The number of methoxy groups -OCH3 is 3. The van der Waals surface area contributed by atoms with Crippen molar-refractivity contribution in [1.29, 1.82) is 0 Å². The Morgan fingerprint density at radius 1 is 0.815 bits per heavy atom. The van der Waals surface area contributed by atoms with Crippen molar-refractivity contribution < 1.29 is 14.2 Å². The largest absolute Gasteiger partial charge is 0.375 e. The third-order valence-electron chi connectivity index (χ3n) is 5.50. The Kier molecular flexibility index (Phi) is 12.4. The van der Waals surface area contributed by atoms with Gasteiger partial charge < -0.3 is 19.1 Å². The van der Waals surface area contributed by atoms with Gasteiger partial charge >= 0.3 is 0 Å². The lowest BCUT2D eigenvalue weighted by Gasteiger charge is -2.37. The van der Waals surface area contributed by atoms with Crippen molar-refractivity contribution in [2.75, 3.05) is 39.8 Å². The van der Waals surface area contributed by atoms with Crippen LogP contribution in [0.2, 0.25) is 0 Å². The summed E-state index contributed by atoms with van der Waals surface area (Å²) < 4.78 is 17.0. The number of anilines is 1. The zero-order valence-electron chi connectivity index (χ0n) is 18.2. The molecule has 0 heterocycles. The first-order valence-corrected chi connectivity index (χ1v) is 10.5. The van der Waals surface area contributed by atoms with Gasteiger partial charge in [-0.15, -0.1) is 0 Å². The van der Waals surface area contributed by atoms with E-state index in [1.807, 2.05) is 0 Å². The number of hydrogen-bond acceptors (Lipinski definition) is 4. The SMILES string of the molecule is CCCCCCCCC(CCCN(C)c1ccccc1)C(OC)(OC)OC. The van der Waals surface area contributed by atoms with Crippen LogP contribution in [0.4, 0.5) is 5.69 Å². The van der Waals surface area contributed by atoms with E-state index in [1.54, 1.807) is 21.3 Å². The van der Waals surface area contributed by atoms with Crippen LogP contribution in [-0.4, -0.2) is 40.9 Å². The summed E-state index contributed by atoms with van der Waals surface area (Å²) in [6.07, 6.45) is 10.9. The summed E-state index contributed by atoms with van der Waals surface area (Å²) in [7, 11) is 7.18. The van der Waals surface area contributed by atoms with Crippen molar-refractivity contribution in [3.05, 3.63) is 30.3 Å². The molecule has 0 fully saturated rings. The molecule has 0 bridgehead atoms. The summed E-state index contributed by atoms with van der Waals surface area (Å²) in [5, 5.41) is 0. The monoisotopic (exact) mass is 379 g/mol. The van der Waals surface area contributed by atoms with Gasteiger partial charge in [-0.2, -0.15) is 0 Å². The van der Waals surface area contributed by atoms with Crippen molar-refractivity contribution in [2.24, 2.45) is 5.92 Å². The minimum absolute atomic E-state index is 0.229. The van der Waals surface area contributed by atoms with Crippen molar-refractivity contribution >= 4 is 5.69 Å². The van der Waals surface area contributed by atoms with E-state index in [2.05, 4.69) is 49.2 Å². The summed E-state index contributed by atoms with van der Waals surface area (Å²) >= 11 is 0. The summed E-state index contributed by atoms with van der Waals surface area (Å²) in [6, 6.07) is 10.5. The Labute approximate surface area is 167 Å². The van der Waals surface area contributed by atoms with E-state index in [0.29, 0.717) is 0 Å². The van der Waals surface area contributed by atoms with Crippen LogP contribution in [0.15, 0.2) is 30.3 Å². The van der Waals surface area contributed by atoms with E-state index in [4.69, 9.17) is 14.2 Å². The lowest BCUT2D eigenvalue weighted by atomic mass is 9.92. The second-order valence-corrected chi connectivity index (χ2v) is 7.37. The smallest absolute Gasteiger partial charge is 0.285 e. The predicted octanol–water partition coefficient (Wildman–Crippen LogP) is 5.86. The molecule has 0 radical (unpaired) electrons. The van der Waals surface area contributed by atoms with Crippen LogP contribution in [0.5, 0.6) is 0 Å². The van der Waals surface area contributed by atoms with E-state index >= 15 is 0 Å². The van der Waals surface area contributed by atoms with Crippen LogP contribution in [0.25, 0.3) is 0 Å². The molecule has 1 unspecified atom stereocenters. The highest BCUT2D eigenvalue weighted by molar-refractivity contribution is 5.44. The molecule has 1 rings (SSSR count). The van der Waals surface area contributed by atoms with E-state index in [-0.39, 0.29) is 5.92 Å². The minimum atomic E-state index is -0.936. The van der Waals surface area contributed by atoms with Gasteiger partial charge in [0.05, 0.1) is 0 Å². The molecule has 0 saturated heterocycles. The van der Waals surface area contributed by atoms with Crippen molar-refractivity contribution in [1.82, 2.24) is 0 Å². The number of ether oxygens (including phenoxy) is 3. The molecule has 4 nitrogen and oxygen atoms in total. The third kappa shape index (κ3) is 8.20.